The minimum Gasteiger partial charge on any atom is -0.394 e. The van der Waals surface area contributed by atoms with Crippen molar-refractivity contribution in [2.45, 2.75) is 25.9 Å². The van der Waals surface area contributed by atoms with Gasteiger partial charge in [-0.1, -0.05) is 0 Å². The molecule has 2 bridgehead atoms. The van der Waals surface area contributed by atoms with E-state index in [2.05, 4.69) is 10.1 Å². The number of nitrogens with zero attached hydrogens (tertiary/aromatic N) is 4. The van der Waals surface area contributed by atoms with Crippen LogP contribution in [0.3, 0.4) is 0 Å². The lowest BCUT2D eigenvalue weighted by Gasteiger charge is -2.32. The van der Waals surface area contributed by atoms with Crippen LogP contribution in [0.1, 0.15) is 33.1 Å². The molecular formula is C18H23N5O3. The van der Waals surface area contributed by atoms with Crippen molar-refractivity contribution in [3.05, 3.63) is 41.5 Å². The molecule has 2 saturated heterocycles. The molecule has 0 spiro atoms. The molecule has 2 aromatic heterocycles. The van der Waals surface area contributed by atoms with Crippen LogP contribution in [0.25, 0.3) is 0 Å². The Morgan fingerprint density at radius 3 is 2.88 bits per heavy atom. The molecule has 0 aromatic carbocycles. The average Bonchev–Trinajstić information content (AvgIpc) is 3.35. The van der Waals surface area contributed by atoms with Gasteiger partial charge in [0.15, 0.2) is 5.69 Å². The van der Waals surface area contributed by atoms with Crippen molar-refractivity contribution in [1.29, 1.82) is 0 Å². The second-order valence-electron chi connectivity index (χ2n) is 7.12. The highest BCUT2D eigenvalue weighted by Gasteiger charge is 2.43. The molecule has 2 N–H and O–H groups in total. The van der Waals surface area contributed by atoms with Crippen LogP contribution in [0.4, 0.5) is 0 Å². The number of rotatable bonds is 4. The average molecular weight is 357 g/mol. The maximum Gasteiger partial charge on any atom is 0.274 e. The number of carbonyl (C=O) groups excluding carboxylic acids is 2. The van der Waals surface area contributed by atoms with Gasteiger partial charge in [-0.25, -0.2) is 0 Å². The fourth-order valence-corrected chi connectivity index (χ4v) is 4.09. The maximum atomic E-state index is 12.9. The van der Waals surface area contributed by atoms with E-state index in [9.17, 15) is 9.59 Å². The van der Waals surface area contributed by atoms with Gasteiger partial charge in [-0.3, -0.25) is 14.3 Å². The zero-order valence-corrected chi connectivity index (χ0v) is 14.8. The summed E-state index contributed by atoms with van der Waals surface area (Å²) < 4.78 is 1.65. The lowest BCUT2D eigenvalue weighted by Crippen LogP contribution is -2.46. The van der Waals surface area contributed by atoms with E-state index in [1.54, 1.807) is 23.0 Å². The Labute approximate surface area is 151 Å². The Kier molecular flexibility index (Phi) is 4.28. The number of aliphatic hydroxyl groups excluding tert-OH is 1. The number of aliphatic hydroxyl groups is 1. The Hall–Kier alpha value is -2.61. The van der Waals surface area contributed by atoms with Gasteiger partial charge < -0.3 is 19.9 Å². The first kappa shape index (κ1) is 16.8. The lowest BCUT2D eigenvalue weighted by molar-refractivity contribution is 0.0612. The molecule has 4 rings (SSSR count). The number of hydrogen-bond donors (Lipinski definition) is 2. The van der Waals surface area contributed by atoms with Crippen LogP contribution >= 0.6 is 0 Å². The van der Waals surface area contributed by atoms with Crippen molar-refractivity contribution in [3.63, 3.8) is 0 Å². The smallest absolute Gasteiger partial charge is 0.274 e. The summed E-state index contributed by atoms with van der Waals surface area (Å²) in [5.74, 6) is 0.200. The molecule has 2 fully saturated rings. The summed E-state index contributed by atoms with van der Waals surface area (Å²) in [6.45, 7) is 4.10. The highest BCUT2D eigenvalue weighted by molar-refractivity contribution is 5.94. The van der Waals surface area contributed by atoms with Gasteiger partial charge in [-0.15, -0.1) is 0 Å². The second-order valence-corrected chi connectivity index (χ2v) is 7.12. The Bertz CT molecular complexity index is 813. The zero-order chi connectivity index (χ0) is 18.3. The Morgan fingerprint density at radius 2 is 2.15 bits per heavy atom. The van der Waals surface area contributed by atoms with Gasteiger partial charge in [0, 0.05) is 31.5 Å². The SMILES string of the molecule is Cc1cc(C(=O)N2CC3CC(C2)N(C(=O)c2ccc[nH]2)C3)nn1CCO. The van der Waals surface area contributed by atoms with E-state index in [1.807, 2.05) is 22.8 Å². The number of H-pyrrole nitrogens is 1. The van der Waals surface area contributed by atoms with Gasteiger partial charge in [0.25, 0.3) is 11.8 Å². The number of aromatic amines is 1. The second kappa shape index (κ2) is 6.60. The molecule has 0 radical (unpaired) electrons. The number of fused-ring (bicyclic) bond motifs is 2. The molecule has 0 aliphatic carbocycles. The number of hydrogen-bond acceptors (Lipinski definition) is 4. The predicted molar refractivity (Wildman–Crippen MR) is 93.7 cm³/mol. The molecule has 2 aliphatic heterocycles. The molecule has 8 heteroatoms. The van der Waals surface area contributed by atoms with E-state index in [0.29, 0.717) is 43.5 Å². The van der Waals surface area contributed by atoms with Gasteiger partial charge in [-0.2, -0.15) is 5.10 Å². The topological polar surface area (TPSA) is 94.5 Å². The van der Waals surface area contributed by atoms with E-state index in [4.69, 9.17) is 5.11 Å². The maximum absolute atomic E-state index is 12.9. The quantitative estimate of drug-likeness (QED) is 0.833. The summed E-state index contributed by atoms with van der Waals surface area (Å²) in [4.78, 5) is 32.2. The lowest BCUT2D eigenvalue weighted by atomic mass is 9.99. The van der Waals surface area contributed by atoms with E-state index in [1.165, 1.54) is 0 Å². The van der Waals surface area contributed by atoms with Crippen molar-refractivity contribution in [3.8, 4) is 0 Å². The van der Waals surface area contributed by atoms with Crippen molar-refractivity contribution in [2.24, 2.45) is 5.92 Å². The fraction of sp³-hybridized carbons (Fsp3) is 0.500. The van der Waals surface area contributed by atoms with Crippen LogP contribution in [-0.2, 0) is 6.54 Å². The zero-order valence-electron chi connectivity index (χ0n) is 14.8. The number of aromatic nitrogens is 3. The van der Waals surface area contributed by atoms with Crippen molar-refractivity contribution >= 4 is 11.8 Å². The molecule has 138 valence electrons. The third-order valence-electron chi connectivity index (χ3n) is 5.30. The Balaban J connectivity index is 1.48. The normalized spacial score (nSPS) is 22.1. The van der Waals surface area contributed by atoms with E-state index < -0.39 is 0 Å². The number of piperidine rings is 1. The van der Waals surface area contributed by atoms with Crippen molar-refractivity contribution in [2.75, 3.05) is 26.2 Å². The standard InChI is InChI=1S/C18H23N5O3/c1-12-7-16(20-23(12)5-6-24)17(25)21-9-13-8-14(11-21)22(10-13)18(26)15-3-2-4-19-15/h2-4,7,13-14,19,24H,5-6,8-11H2,1H3. The van der Waals surface area contributed by atoms with Gasteiger partial charge >= 0.3 is 0 Å². The van der Waals surface area contributed by atoms with E-state index in [-0.39, 0.29) is 24.5 Å². The molecular weight excluding hydrogens is 334 g/mol. The van der Waals surface area contributed by atoms with Crippen LogP contribution in [-0.4, -0.2) is 73.8 Å². The van der Waals surface area contributed by atoms with Crippen molar-refractivity contribution < 1.29 is 14.7 Å². The third-order valence-corrected chi connectivity index (χ3v) is 5.30. The molecule has 4 heterocycles. The monoisotopic (exact) mass is 357 g/mol. The Morgan fingerprint density at radius 1 is 1.31 bits per heavy atom. The van der Waals surface area contributed by atoms with Gasteiger partial charge in [0.05, 0.1) is 19.2 Å². The summed E-state index contributed by atoms with van der Waals surface area (Å²) >= 11 is 0. The number of likely N-dealkylation sites (tertiary alicyclic amines) is 2. The first-order valence-corrected chi connectivity index (χ1v) is 8.95. The van der Waals surface area contributed by atoms with Crippen molar-refractivity contribution in [1.82, 2.24) is 24.6 Å². The minimum absolute atomic E-state index is 0.000123. The summed E-state index contributed by atoms with van der Waals surface area (Å²) in [7, 11) is 0. The molecule has 0 saturated carbocycles. The van der Waals surface area contributed by atoms with Gasteiger partial charge in [0.1, 0.15) is 5.69 Å². The number of amides is 2. The van der Waals surface area contributed by atoms with Crippen LogP contribution in [0.2, 0.25) is 0 Å². The van der Waals surface area contributed by atoms with Crippen LogP contribution in [0.5, 0.6) is 0 Å². The van der Waals surface area contributed by atoms with Crippen LogP contribution < -0.4 is 0 Å². The summed E-state index contributed by atoms with van der Waals surface area (Å²) in [5.41, 5.74) is 1.85. The predicted octanol–water partition coefficient (Wildman–Crippen LogP) is 0.499. The molecule has 2 amide bonds. The fourth-order valence-electron chi connectivity index (χ4n) is 4.09. The number of carbonyl (C=O) groups is 2. The molecule has 2 unspecified atom stereocenters. The highest BCUT2D eigenvalue weighted by atomic mass is 16.3. The summed E-state index contributed by atoms with van der Waals surface area (Å²) in [5, 5.41) is 13.4. The number of aryl methyl sites for hydroxylation is 1. The molecule has 2 aromatic rings. The number of nitrogens with one attached hydrogen (secondary N) is 1. The van der Waals surface area contributed by atoms with Gasteiger partial charge in [-0.05, 0) is 37.5 Å². The third kappa shape index (κ3) is 2.90. The largest absolute Gasteiger partial charge is 0.394 e. The molecule has 26 heavy (non-hydrogen) atoms. The minimum atomic E-state index is -0.103. The first-order chi connectivity index (χ1) is 12.6. The van der Waals surface area contributed by atoms with E-state index in [0.717, 1.165) is 12.1 Å². The summed E-state index contributed by atoms with van der Waals surface area (Å²) in [6.07, 6.45) is 2.69. The molecule has 2 atom stereocenters. The first-order valence-electron chi connectivity index (χ1n) is 8.95. The van der Waals surface area contributed by atoms with E-state index >= 15 is 0 Å². The molecule has 2 aliphatic rings. The van der Waals surface area contributed by atoms with Crippen LogP contribution in [0, 0.1) is 12.8 Å². The van der Waals surface area contributed by atoms with Crippen LogP contribution in [0.15, 0.2) is 24.4 Å². The highest BCUT2D eigenvalue weighted by Crippen LogP contribution is 2.31. The van der Waals surface area contributed by atoms with Gasteiger partial charge in [0.2, 0.25) is 0 Å². The summed E-state index contributed by atoms with van der Waals surface area (Å²) in [6, 6.07) is 5.41. The molecule has 8 nitrogen and oxygen atoms in total.